The zero-order valence-electron chi connectivity index (χ0n) is 11.9. The molecular formula is C17H18O3. The van der Waals surface area contributed by atoms with Gasteiger partial charge in [-0.05, 0) is 50.2 Å². The number of benzene rings is 2. The summed E-state index contributed by atoms with van der Waals surface area (Å²) in [7, 11) is 1.67. The first-order valence-electron chi connectivity index (χ1n) is 6.66. The van der Waals surface area contributed by atoms with Gasteiger partial charge in [0.2, 0.25) is 5.79 Å². The molecule has 1 aliphatic rings. The molecule has 2 aromatic rings. The summed E-state index contributed by atoms with van der Waals surface area (Å²) in [6.07, 6.45) is 0. The Balaban J connectivity index is 1.79. The van der Waals surface area contributed by atoms with Crippen LogP contribution in [0.4, 0.5) is 0 Å². The van der Waals surface area contributed by atoms with Crippen molar-refractivity contribution in [2.24, 2.45) is 0 Å². The SMILES string of the molecule is COC1(c2ccc(Oc3ccccc3)cc2)OC1(C)C. The van der Waals surface area contributed by atoms with Crippen molar-refractivity contribution in [2.45, 2.75) is 25.2 Å². The second-order valence-corrected chi connectivity index (χ2v) is 5.37. The molecule has 0 amide bonds. The molecule has 1 saturated heterocycles. The quantitative estimate of drug-likeness (QED) is 0.784. The van der Waals surface area contributed by atoms with E-state index in [1.54, 1.807) is 7.11 Å². The molecule has 3 rings (SSSR count). The molecule has 0 saturated carbocycles. The van der Waals surface area contributed by atoms with Crippen molar-refractivity contribution >= 4 is 0 Å². The third kappa shape index (κ3) is 2.09. The van der Waals surface area contributed by atoms with E-state index in [9.17, 15) is 0 Å². The zero-order valence-corrected chi connectivity index (χ0v) is 11.9. The van der Waals surface area contributed by atoms with Crippen LogP contribution in [0.3, 0.4) is 0 Å². The summed E-state index contributed by atoms with van der Waals surface area (Å²) in [6, 6.07) is 17.5. The molecule has 1 atom stereocenters. The zero-order chi connectivity index (χ0) is 14.2. The molecule has 0 aromatic heterocycles. The average molecular weight is 270 g/mol. The van der Waals surface area contributed by atoms with Crippen molar-refractivity contribution in [1.82, 2.24) is 0 Å². The van der Waals surface area contributed by atoms with E-state index in [0.717, 1.165) is 17.1 Å². The predicted octanol–water partition coefficient (Wildman–Crippen LogP) is 4.09. The molecule has 1 fully saturated rings. The first-order chi connectivity index (χ1) is 9.57. The average Bonchev–Trinajstić information content (AvgIpc) is 3.04. The fourth-order valence-corrected chi connectivity index (χ4v) is 2.51. The number of para-hydroxylation sites is 1. The minimum absolute atomic E-state index is 0.288. The second-order valence-electron chi connectivity index (χ2n) is 5.37. The van der Waals surface area contributed by atoms with Gasteiger partial charge < -0.3 is 14.2 Å². The highest BCUT2D eigenvalue weighted by Crippen LogP contribution is 2.55. The minimum atomic E-state index is -0.627. The number of hydrogen-bond acceptors (Lipinski definition) is 3. The molecule has 1 heterocycles. The van der Waals surface area contributed by atoms with Crippen LogP contribution in [0.2, 0.25) is 0 Å². The highest BCUT2D eigenvalue weighted by molar-refractivity contribution is 5.37. The monoisotopic (exact) mass is 270 g/mol. The summed E-state index contributed by atoms with van der Waals surface area (Å²) in [5.74, 6) is 0.993. The molecule has 104 valence electrons. The molecule has 3 nitrogen and oxygen atoms in total. The highest BCUT2D eigenvalue weighted by atomic mass is 16.8. The number of hydrogen-bond donors (Lipinski definition) is 0. The van der Waals surface area contributed by atoms with Crippen LogP contribution in [0.5, 0.6) is 11.5 Å². The van der Waals surface area contributed by atoms with Crippen LogP contribution < -0.4 is 4.74 Å². The van der Waals surface area contributed by atoms with Crippen LogP contribution in [0, 0.1) is 0 Å². The Labute approximate surface area is 119 Å². The fourth-order valence-electron chi connectivity index (χ4n) is 2.51. The smallest absolute Gasteiger partial charge is 0.225 e. The maximum Gasteiger partial charge on any atom is 0.225 e. The Morgan fingerprint density at radius 3 is 1.90 bits per heavy atom. The number of methoxy groups -OCH3 is 1. The lowest BCUT2D eigenvalue weighted by Crippen LogP contribution is -2.20. The van der Waals surface area contributed by atoms with Gasteiger partial charge in [0.25, 0.3) is 0 Å². The van der Waals surface area contributed by atoms with Crippen LogP contribution in [0.1, 0.15) is 19.4 Å². The summed E-state index contributed by atoms with van der Waals surface area (Å²) in [4.78, 5) is 0. The normalized spacial score (nSPS) is 23.4. The predicted molar refractivity (Wildman–Crippen MR) is 76.8 cm³/mol. The van der Waals surface area contributed by atoms with Gasteiger partial charge in [-0.3, -0.25) is 0 Å². The van der Waals surface area contributed by atoms with Crippen molar-refractivity contribution in [3.63, 3.8) is 0 Å². The van der Waals surface area contributed by atoms with Gasteiger partial charge >= 0.3 is 0 Å². The van der Waals surface area contributed by atoms with Crippen molar-refractivity contribution in [3.05, 3.63) is 60.2 Å². The molecule has 0 aliphatic carbocycles. The lowest BCUT2D eigenvalue weighted by atomic mass is 9.99. The van der Waals surface area contributed by atoms with Gasteiger partial charge in [0, 0.05) is 12.7 Å². The van der Waals surface area contributed by atoms with Gasteiger partial charge in [-0.1, -0.05) is 18.2 Å². The van der Waals surface area contributed by atoms with E-state index in [4.69, 9.17) is 14.2 Å². The third-order valence-electron chi connectivity index (χ3n) is 3.65. The Morgan fingerprint density at radius 1 is 0.850 bits per heavy atom. The van der Waals surface area contributed by atoms with E-state index in [1.807, 2.05) is 68.4 Å². The van der Waals surface area contributed by atoms with Gasteiger partial charge in [-0.25, -0.2) is 0 Å². The maximum atomic E-state index is 5.77. The lowest BCUT2D eigenvalue weighted by molar-refractivity contribution is -0.0147. The Morgan fingerprint density at radius 2 is 1.40 bits per heavy atom. The summed E-state index contributed by atoms with van der Waals surface area (Å²) in [5, 5.41) is 0. The molecule has 0 radical (unpaired) electrons. The summed E-state index contributed by atoms with van der Waals surface area (Å²) >= 11 is 0. The van der Waals surface area contributed by atoms with Gasteiger partial charge in [-0.2, -0.15) is 0 Å². The fraction of sp³-hybridized carbons (Fsp3) is 0.294. The molecule has 1 unspecified atom stereocenters. The molecule has 0 spiro atoms. The van der Waals surface area contributed by atoms with Crippen molar-refractivity contribution in [3.8, 4) is 11.5 Å². The van der Waals surface area contributed by atoms with Crippen molar-refractivity contribution in [1.29, 1.82) is 0 Å². The molecule has 20 heavy (non-hydrogen) atoms. The van der Waals surface area contributed by atoms with E-state index >= 15 is 0 Å². The van der Waals surface area contributed by atoms with Crippen molar-refractivity contribution < 1.29 is 14.2 Å². The molecule has 1 aliphatic heterocycles. The first-order valence-corrected chi connectivity index (χ1v) is 6.66. The van der Waals surface area contributed by atoms with Crippen LogP contribution in [0.25, 0.3) is 0 Å². The number of rotatable bonds is 4. The number of epoxide rings is 1. The molecular weight excluding hydrogens is 252 g/mol. The van der Waals surface area contributed by atoms with Crippen LogP contribution in [0.15, 0.2) is 54.6 Å². The van der Waals surface area contributed by atoms with Crippen LogP contribution >= 0.6 is 0 Å². The van der Waals surface area contributed by atoms with E-state index in [0.29, 0.717) is 0 Å². The van der Waals surface area contributed by atoms with Gasteiger partial charge in [-0.15, -0.1) is 0 Å². The topological polar surface area (TPSA) is 31.0 Å². The van der Waals surface area contributed by atoms with Gasteiger partial charge in [0.15, 0.2) is 0 Å². The molecule has 0 N–H and O–H groups in total. The van der Waals surface area contributed by atoms with E-state index < -0.39 is 5.79 Å². The largest absolute Gasteiger partial charge is 0.457 e. The van der Waals surface area contributed by atoms with Crippen molar-refractivity contribution in [2.75, 3.05) is 7.11 Å². The lowest BCUT2D eigenvalue weighted by Gasteiger charge is -2.14. The van der Waals surface area contributed by atoms with E-state index in [-0.39, 0.29) is 5.60 Å². The van der Waals surface area contributed by atoms with Gasteiger partial charge in [0.05, 0.1) is 0 Å². The van der Waals surface area contributed by atoms with E-state index in [2.05, 4.69) is 0 Å². The van der Waals surface area contributed by atoms with Gasteiger partial charge in [0.1, 0.15) is 17.1 Å². The molecule has 2 aromatic carbocycles. The maximum absolute atomic E-state index is 5.77. The summed E-state index contributed by atoms with van der Waals surface area (Å²) in [6.45, 7) is 4.04. The highest BCUT2D eigenvalue weighted by Gasteiger charge is 2.66. The third-order valence-corrected chi connectivity index (χ3v) is 3.65. The molecule has 0 bridgehead atoms. The van der Waals surface area contributed by atoms with E-state index in [1.165, 1.54) is 0 Å². The number of ether oxygens (including phenoxy) is 3. The summed E-state index contributed by atoms with van der Waals surface area (Å²) < 4.78 is 17.0. The first kappa shape index (κ1) is 13.2. The Kier molecular flexibility index (Phi) is 3.04. The van der Waals surface area contributed by atoms with Crippen LogP contribution in [-0.4, -0.2) is 12.7 Å². The molecule has 3 heteroatoms. The second kappa shape index (κ2) is 4.62. The Bertz CT molecular complexity index is 589. The standard InChI is InChI=1S/C17H18O3/c1-16(2)17(18-3,20-16)13-9-11-15(12-10-13)19-14-7-5-4-6-8-14/h4-12H,1-3H3. The minimum Gasteiger partial charge on any atom is -0.457 e. The summed E-state index contributed by atoms with van der Waals surface area (Å²) in [5.41, 5.74) is 0.717. The Hall–Kier alpha value is -1.84. The van der Waals surface area contributed by atoms with Crippen LogP contribution in [-0.2, 0) is 15.3 Å².